The van der Waals surface area contributed by atoms with Crippen LogP contribution < -0.4 is 5.32 Å². The molecule has 5 heteroatoms. The van der Waals surface area contributed by atoms with Crippen LogP contribution in [-0.2, 0) is 6.54 Å². The van der Waals surface area contributed by atoms with Crippen LogP contribution in [0.25, 0.3) is 0 Å². The number of hydrogen-bond acceptors (Lipinski definition) is 5. The van der Waals surface area contributed by atoms with Crippen LogP contribution in [0.5, 0.6) is 0 Å². The van der Waals surface area contributed by atoms with Crippen LogP contribution in [0.15, 0.2) is 24.5 Å². The quantitative estimate of drug-likeness (QED) is 0.793. The molecule has 4 bridgehead atoms. The molecule has 0 spiro atoms. The molecule has 0 aliphatic carbocycles. The minimum absolute atomic E-state index is 0.255. The number of rotatable bonds is 3. The highest BCUT2D eigenvalue weighted by Gasteiger charge is 2.48. The Morgan fingerprint density at radius 3 is 2.33 bits per heavy atom. The summed E-state index contributed by atoms with van der Waals surface area (Å²) < 4.78 is 0. The molecule has 5 rings (SSSR count). The predicted molar refractivity (Wildman–Crippen MR) is 68.5 cm³/mol. The first-order valence-corrected chi connectivity index (χ1v) is 6.62. The molecular weight excluding hydrogens is 226 g/mol. The number of pyridine rings is 1. The molecule has 0 saturated carbocycles. The van der Waals surface area contributed by atoms with Gasteiger partial charge in [-0.3, -0.25) is 19.7 Å². The summed E-state index contributed by atoms with van der Waals surface area (Å²) in [4.78, 5) is 11.8. The van der Waals surface area contributed by atoms with Gasteiger partial charge in [-0.15, -0.1) is 0 Å². The molecule has 1 aromatic rings. The molecule has 1 aromatic heterocycles. The van der Waals surface area contributed by atoms with E-state index in [9.17, 15) is 0 Å². The molecule has 0 aromatic carbocycles. The first-order valence-electron chi connectivity index (χ1n) is 6.62. The van der Waals surface area contributed by atoms with Crippen molar-refractivity contribution in [2.45, 2.75) is 12.1 Å². The van der Waals surface area contributed by atoms with Crippen molar-refractivity contribution in [3.05, 3.63) is 30.1 Å². The van der Waals surface area contributed by atoms with Crippen LogP contribution in [0.2, 0.25) is 0 Å². The maximum Gasteiger partial charge on any atom is 0.0571 e. The van der Waals surface area contributed by atoms with Gasteiger partial charge in [-0.1, -0.05) is 6.07 Å². The van der Waals surface area contributed by atoms with E-state index in [-0.39, 0.29) is 5.54 Å². The van der Waals surface area contributed by atoms with Crippen molar-refractivity contribution < 1.29 is 0 Å². The van der Waals surface area contributed by atoms with Gasteiger partial charge >= 0.3 is 0 Å². The molecule has 0 radical (unpaired) electrons. The van der Waals surface area contributed by atoms with E-state index in [0.29, 0.717) is 0 Å². The lowest BCUT2D eigenvalue weighted by molar-refractivity contribution is -0.150. The Kier molecular flexibility index (Phi) is 2.41. The van der Waals surface area contributed by atoms with Crippen molar-refractivity contribution in [2.24, 2.45) is 0 Å². The van der Waals surface area contributed by atoms with Crippen LogP contribution in [-0.4, -0.2) is 64.9 Å². The van der Waals surface area contributed by atoms with Gasteiger partial charge in [0.05, 0.1) is 25.5 Å². The van der Waals surface area contributed by atoms with Crippen molar-refractivity contribution in [3.63, 3.8) is 0 Å². The highest BCUT2D eigenvalue weighted by Crippen LogP contribution is 2.28. The molecule has 0 atom stereocenters. The van der Waals surface area contributed by atoms with Crippen LogP contribution in [0.4, 0.5) is 0 Å². The molecule has 96 valence electrons. The van der Waals surface area contributed by atoms with Crippen molar-refractivity contribution in [1.82, 2.24) is 25.0 Å². The zero-order chi connectivity index (χ0) is 12.0. The third-order valence-electron chi connectivity index (χ3n) is 4.17. The van der Waals surface area contributed by atoms with E-state index >= 15 is 0 Å². The maximum atomic E-state index is 4.18. The molecule has 4 fully saturated rings. The standard InChI is InChI=1S/C13H19N5/c1-2-12(4-14-3-1)5-15-13-6-16-9-17(7-13)11-18(8-13)10-16/h1-4,15H,5-11H2. The van der Waals surface area contributed by atoms with Crippen molar-refractivity contribution in [3.8, 4) is 0 Å². The van der Waals surface area contributed by atoms with Gasteiger partial charge in [0.1, 0.15) is 0 Å². The van der Waals surface area contributed by atoms with E-state index in [2.05, 4.69) is 31.1 Å². The van der Waals surface area contributed by atoms with Gasteiger partial charge in [0, 0.05) is 38.6 Å². The zero-order valence-corrected chi connectivity index (χ0v) is 10.5. The van der Waals surface area contributed by atoms with Gasteiger partial charge in [-0.25, -0.2) is 0 Å². The average Bonchev–Trinajstić information content (AvgIpc) is 2.36. The van der Waals surface area contributed by atoms with E-state index in [1.54, 1.807) is 0 Å². The largest absolute Gasteiger partial charge is 0.304 e. The summed E-state index contributed by atoms with van der Waals surface area (Å²) in [5, 5.41) is 3.78. The third kappa shape index (κ3) is 1.83. The fourth-order valence-corrected chi connectivity index (χ4v) is 3.68. The number of nitrogens with zero attached hydrogens (tertiary/aromatic N) is 4. The maximum absolute atomic E-state index is 4.18. The Balaban J connectivity index is 1.48. The summed E-state index contributed by atoms with van der Waals surface area (Å²) in [7, 11) is 0. The van der Waals surface area contributed by atoms with Crippen molar-refractivity contribution >= 4 is 0 Å². The molecule has 18 heavy (non-hydrogen) atoms. The summed E-state index contributed by atoms with van der Waals surface area (Å²) in [6.45, 7) is 7.90. The summed E-state index contributed by atoms with van der Waals surface area (Å²) in [6.07, 6.45) is 3.78. The monoisotopic (exact) mass is 245 g/mol. The number of nitrogens with one attached hydrogen (secondary N) is 1. The van der Waals surface area contributed by atoms with E-state index in [0.717, 1.165) is 26.6 Å². The Labute approximate surface area is 107 Å². The second-order valence-electron chi connectivity index (χ2n) is 5.91. The van der Waals surface area contributed by atoms with E-state index in [1.807, 2.05) is 18.5 Å². The van der Waals surface area contributed by atoms with E-state index in [4.69, 9.17) is 0 Å². The van der Waals surface area contributed by atoms with Gasteiger partial charge < -0.3 is 5.32 Å². The third-order valence-corrected chi connectivity index (χ3v) is 4.17. The first kappa shape index (κ1) is 10.9. The molecule has 5 nitrogen and oxygen atoms in total. The molecule has 5 heterocycles. The van der Waals surface area contributed by atoms with E-state index < -0.39 is 0 Å². The average molecular weight is 245 g/mol. The fourth-order valence-electron chi connectivity index (χ4n) is 3.68. The summed E-state index contributed by atoms with van der Waals surface area (Å²) in [5.41, 5.74) is 1.53. The number of aromatic nitrogens is 1. The predicted octanol–water partition coefficient (Wildman–Crippen LogP) is -0.271. The summed E-state index contributed by atoms with van der Waals surface area (Å²) >= 11 is 0. The molecule has 4 aliphatic rings. The minimum atomic E-state index is 0.255. The van der Waals surface area contributed by atoms with E-state index in [1.165, 1.54) is 25.2 Å². The molecule has 4 aliphatic heterocycles. The minimum Gasteiger partial charge on any atom is -0.304 e. The van der Waals surface area contributed by atoms with Crippen LogP contribution >= 0.6 is 0 Å². The van der Waals surface area contributed by atoms with Crippen molar-refractivity contribution in [2.75, 3.05) is 39.6 Å². The van der Waals surface area contributed by atoms with Crippen LogP contribution in [0.1, 0.15) is 5.56 Å². The highest BCUT2D eigenvalue weighted by molar-refractivity contribution is 5.11. The second kappa shape index (κ2) is 3.99. The smallest absolute Gasteiger partial charge is 0.0571 e. The zero-order valence-electron chi connectivity index (χ0n) is 10.5. The van der Waals surface area contributed by atoms with Gasteiger partial charge in [-0.2, -0.15) is 0 Å². The Morgan fingerprint density at radius 1 is 1.11 bits per heavy atom. The van der Waals surface area contributed by atoms with Gasteiger partial charge in [0.25, 0.3) is 0 Å². The highest BCUT2D eigenvalue weighted by atomic mass is 15.6. The Morgan fingerprint density at radius 2 is 1.78 bits per heavy atom. The molecular formula is C13H19N5. The van der Waals surface area contributed by atoms with Crippen LogP contribution in [0, 0.1) is 0 Å². The lowest BCUT2D eigenvalue weighted by atomic mass is 9.90. The topological polar surface area (TPSA) is 34.6 Å². The van der Waals surface area contributed by atoms with Crippen LogP contribution in [0.3, 0.4) is 0 Å². The normalized spacial score (nSPS) is 41.2. The van der Waals surface area contributed by atoms with Gasteiger partial charge in [0.2, 0.25) is 0 Å². The SMILES string of the molecule is c1cncc(CNC23CN4CN(CN(C4)C2)C3)c1. The Bertz CT molecular complexity index is 397. The fraction of sp³-hybridized carbons (Fsp3) is 0.615. The van der Waals surface area contributed by atoms with Gasteiger partial charge in [0.15, 0.2) is 0 Å². The summed E-state index contributed by atoms with van der Waals surface area (Å²) in [6, 6.07) is 4.15. The Hall–Kier alpha value is -1.01. The molecule has 0 amide bonds. The molecule has 1 N–H and O–H groups in total. The lowest BCUT2D eigenvalue weighted by Gasteiger charge is -2.60. The molecule has 0 unspecified atom stereocenters. The lowest BCUT2D eigenvalue weighted by Crippen LogP contribution is -2.79. The van der Waals surface area contributed by atoms with Gasteiger partial charge in [-0.05, 0) is 11.6 Å². The first-order chi connectivity index (χ1) is 8.81. The molecule has 4 saturated heterocycles. The summed E-state index contributed by atoms with van der Waals surface area (Å²) in [5.74, 6) is 0. The second-order valence-corrected chi connectivity index (χ2v) is 5.91. The van der Waals surface area contributed by atoms with Crippen molar-refractivity contribution in [1.29, 1.82) is 0 Å². The number of hydrogen-bond donors (Lipinski definition) is 1.